The van der Waals surface area contributed by atoms with Crippen LogP contribution in [0, 0.1) is 5.92 Å². The Morgan fingerprint density at radius 1 is 1.45 bits per heavy atom. The molecule has 0 aliphatic heterocycles. The summed E-state index contributed by atoms with van der Waals surface area (Å²) < 4.78 is 0. The molecule has 0 heterocycles. The third kappa shape index (κ3) is 4.54. The molecule has 0 bridgehead atoms. The average molecular weight is 151 g/mol. The Kier molecular flexibility index (Phi) is 4.51. The van der Waals surface area contributed by atoms with Crippen molar-refractivity contribution in [1.82, 2.24) is 0 Å². The van der Waals surface area contributed by atoms with Crippen molar-refractivity contribution in [2.24, 2.45) is 10.9 Å². The van der Waals surface area contributed by atoms with Crippen LogP contribution < -0.4 is 0 Å². The van der Waals surface area contributed by atoms with Gasteiger partial charge in [-0.15, -0.1) is 0 Å². The Morgan fingerprint density at radius 2 is 2.00 bits per heavy atom. The second kappa shape index (κ2) is 4.89. The Balaban J connectivity index is 4.18. The van der Waals surface area contributed by atoms with Crippen LogP contribution in [0.15, 0.2) is 28.8 Å². The second-order valence-corrected chi connectivity index (χ2v) is 2.90. The van der Waals surface area contributed by atoms with E-state index in [1.165, 1.54) is 5.57 Å². The average Bonchev–Trinajstić information content (AvgIpc) is 1.87. The van der Waals surface area contributed by atoms with Gasteiger partial charge in [-0.3, -0.25) is 0 Å². The summed E-state index contributed by atoms with van der Waals surface area (Å²) in [5, 5.41) is 0. The van der Waals surface area contributed by atoms with Crippen LogP contribution in [0.3, 0.4) is 0 Å². The summed E-state index contributed by atoms with van der Waals surface area (Å²) >= 11 is 0. The summed E-state index contributed by atoms with van der Waals surface area (Å²) in [4.78, 5) is 3.95. The van der Waals surface area contributed by atoms with E-state index in [1.807, 2.05) is 13.1 Å². The summed E-state index contributed by atoms with van der Waals surface area (Å²) in [6, 6.07) is 0. The highest BCUT2D eigenvalue weighted by Gasteiger charge is 1.94. The Hall–Kier alpha value is -0.850. The molecule has 0 N–H and O–H groups in total. The molecule has 1 atom stereocenters. The molecular weight excluding hydrogens is 134 g/mol. The lowest BCUT2D eigenvalue weighted by atomic mass is 10.1. The first-order valence-corrected chi connectivity index (χ1v) is 3.84. The number of aliphatic imine (C=N–C) groups is 1. The SMILES string of the molecule is C=C(C)/C(C)=C\C(C)C=NC. The summed E-state index contributed by atoms with van der Waals surface area (Å²) in [7, 11) is 1.79. The normalized spacial score (nSPS) is 15.5. The highest BCUT2D eigenvalue weighted by Crippen LogP contribution is 2.08. The van der Waals surface area contributed by atoms with Crippen molar-refractivity contribution in [3.63, 3.8) is 0 Å². The van der Waals surface area contributed by atoms with Gasteiger partial charge >= 0.3 is 0 Å². The minimum Gasteiger partial charge on any atom is -0.300 e. The molecule has 0 rings (SSSR count). The van der Waals surface area contributed by atoms with E-state index in [1.54, 1.807) is 7.05 Å². The number of hydrogen-bond donors (Lipinski definition) is 0. The highest BCUT2D eigenvalue weighted by atomic mass is 14.6. The van der Waals surface area contributed by atoms with Gasteiger partial charge in [-0.2, -0.15) is 0 Å². The zero-order chi connectivity index (χ0) is 8.85. The molecule has 62 valence electrons. The standard InChI is InChI=1S/C10H17N/c1-8(2)10(4)6-9(3)7-11-5/h6-7,9H,1H2,2-5H3/b10-6-,11-7?. The Labute approximate surface area is 69.5 Å². The Bertz CT molecular complexity index is 187. The summed E-state index contributed by atoms with van der Waals surface area (Å²) in [6.45, 7) is 10.1. The summed E-state index contributed by atoms with van der Waals surface area (Å²) in [5.41, 5.74) is 2.37. The van der Waals surface area contributed by atoms with Crippen molar-refractivity contribution in [3.05, 3.63) is 23.8 Å². The molecule has 0 radical (unpaired) electrons. The first-order valence-electron chi connectivity index (χ1n) is 3.84. The number of allylic oxidation sites excluding steroid dienone is 3. The van der Waals surface area contributed by atoms with Crippen LogP contribution in [0.2, 0.25) is 0 Å². The minimum atomic E-state index is 0.414. The van der Waals surface area contributed by atoms with Crippen LogP contribution >= 0.6 is 0 Å². The van der Waals surface area contributed by atoms with Crippen molar-refractivity contribution in [3.8, 4) is 0 Å². The van der Waals surface area contributed by atoms with Gasteiger partial charge in [-0.25, -0.2) is 0 Å². The van der Waals surface area contributed by atoms with Gasteiger partial charge in [0.05, 0.1) is 0 Å². The molecule has 0 amide bonds. The van der Waals surface area contributed by atoms with Crippen LogP contribution in [-0.4, -0.2) is 13.3 Å². The minimum absolute atomic E-state index is 0.414. The van der Waals surface area contributed by atoms with E-state index in [-0.39, 0.29) is 0 Å². The third-order valence-electron chi connectivity index (χ3n) is 1.57. The maximum Gasteiger partial charge on any atom is 0.0273 e. The lowest BCUT2D eigenvalue weighted by Gasteiger charge is -2.01. The molecule has 0 saturated carbocycles. The van der Waals surface area contributed by atoms with E-state index >= 15 is 0 Å². The van der Waals surface area contributed by atoms with Gasteiger partial charge in [0.1, 0.15) is 0 Å². The number of nitrogens with zero attached hydrogens (tertiary/aromatic N) is 1. The van der Waals surface area contributed by atoms with E-state index < -0.39 is 0 Å². The first kappa shape index (κ1) is 10.2. The van der Waals surface area contributed by atoms with Gasteiger partial charge in [0.2, 0.25) is 0 Å². The fourth-order valence-electron chi connectivity index (χ4n) is 0.815. The van der Waals surface area contributed by atoms with Crippen molar-refractivity contribution < 1.29 is 0 Å². The summed E-state index contributed by atoms with van der Waals surface area (Å²) in [6.07, 6.45) is 4.09. The predicted octanol–water partition coefficient (Wildman–Crippen LogP) is 2.85. The number of rotatable bonds is 3. The van der Waals surface area contributed by atoms with Gasteiger partial charge < -0.3 is 4.99 Å². The van der Waals surface area contributed by atoms with Crippen LogP contribution in [0.4, 0.5) is 0 Å². The molecule has 1 nitrogen and oxygen atoms in total. The maximum atomic E-state index is 3.95. The van der Waals surface area contributed by atoms with E-state index in [9.17, 15) is 0 Å². The molecule has 1 heteroatoms. The van der Waals surface area contributed by atoms with Crippen molar-refractivity contribution >= 4 is 6.21 Å². The fourth-order valence-corrected chi connectivity index (χ4v) is 0.815. The van der Waals surface area contributed by atoms with Crippen molar-refractivity contribution in [2.45, 2.75) is 20.8 Å². The molecule has 0 saturated heterocycles. The van der Waals surface area contributed by atoms with Gasteiger partial charge in [-0.05, 0) is 13.8 Å². The smallest absolute Gasteiger partial charge is 0.0273 e. The molecule has 0 aromatic rings. The molecule has 0 fully saturated rings. The lowest BCUT2D eigenvalue weighted by molar-refractivity contribution is 1.00. The van der Waals surface area contributed by atoms with Gasteiger partial charge in [-0.1, -0.05) is 30.7 Å². The van der Waals surface area contributed by atoms with E-state index in [4.69, 9.17) is 0 Å². The molecule has 1 unspecified atom stereocenters. The topological polar surface area (TPSA) is 12.4 Å². The molecule has 0 aliphatic carbocycles. The summed E-state index contributed by atoms with van der Waals surface area (Å²) in [5.74, 6) is 0.414. The highest BCUT2D eigenvalue weighted by molar-refractivity contribution is 5.63. The largest absolute Gasteiger partial charge is 0.300 e. The van der Waals surface area contributed by atoms with E-state index in [0.29, 0.717) is 5.92 Å². The zero-order valence-corrected chi connectivity index (χ0v) is 7.89. The monoisotopic (exact) mass is 151 g/mol. The van der Waals surface area contributed by atoms with Crippen LogP contribution in [0.25, 0.3) is 0 Å². The molecule has 0 spiro atoms. The van der Waals surface area contributed by atoms with Crippen molar-refractivity contribution in [2.75, 3.05) is 7.05 Å². The van der Waals surface area contributed by atoms with E-state index in [2.05, 4.69) is 31.5 Å². The van der Waals surface area contributed by atoms with Crippen molar-refractivity contribution in [1.29, 1.82) is 0 Å². The Morgan fingerprint density at radius 3 is 2.36 bits per heavy atom. The van der Waals surface area contributed by atoms with Gasteiger partial charge in [0.15, 0.2) is 0 Å². The molecule has 0 aromatic carbocycles. The van der Waals surface area contributed by atoms with E-state index in [0.717, 1.165) is 5.57 Å². The van der Waals surface area contributed by atoms with Crippen LogP contribution in [0.1, 0.15) is 20.8 Å². The molecule has 0 aliphatic rings. The van der Waals surface area contributed by atoms with Crippen LogP contribution in [0.5, 0.6) is 0 Å². The predicted molar refractivity (Wildman–Crippen MR) is 52.2 cm³/mol. The molecule has 11 heavy (non-hydrogen) atoms. The zero-order valence-electron chi connectivity index (χ0n) is 7.89. The maximum absolute atomic E-state index is 3.95. The molecular formula is C10H17N. The lowest BCUT2D eigenvalue weighted by Crippen LogP contribution is -1.92. The van der Waals surface area contributed by atoms with Gasteiger partial charge in [0.25, 0.3) is 0 Å². The quantitative estimate of drug-likeness (QED) is 0.434. The second-order valence-electron chi connectivity index (χ2n) is 2.90. The number of hydrogen-bond acceptors (Lipinski definition) is 1. The fraction of sp³-hybridized carbons (Fsp3) is 0.500. The van der Waals surface area contributed by atoms with Crippen LogP contribution in [-0.2, 0) is 0 Å². The first-order chi connectivity index (χ1) is 5.07. The van der Waals surface area contributed by atoms with Gasteiger partial charge in [0, 0.05) is 19.2 Å². The molecule has 0 aromatic heterocycles. The third-order valence-corrected chi connectivity index (χ3v) is 1.57.